The number of nitrogens with one attached hydrogen (secondary N) is 2. The van der Waals surface area contributed by atoms with Crippen LogP contribution in [-0.4, -0.2) is 31.0 Å². The lowest BCUT2D eigenvalue weighted by atomic mass is 9.91. The number of benzene rings is 1. The van der Waals surface area contributed by atoms with Gasteiger partial charge < -0.3 is 10.4 Å². The standard InChI is InChI=1S/C17H16ClFN4O3/c1-17(2,26)14(9-3-5-10(19)6-4-9)22-15(24)11-8-23-13(20-11)7-12(18)21-16(23)25/h3-8,14,26H,1-2H3,(H,21,25)(H,22,24)/t14-/m0/s1. The van der Waals surface area contributed by atoms with Gasteiger partial charge in [-0.15, -0.1) is 0 Å². The van der Waals surface area contributed by atoms with Gasteiger partial charge in [-0.25, -0.2) is 14.2 Å². The number of hydrogen-bond acceptors (Lipinski definition) is 4. The van der Waals surface area contributed by atoms with Crippen LogP contribution >= 0.6 is 11.6 Å². The molecular formula is C17H16ClFN4O3. The quantitative estimate of drug-likeness (QED) is 0.605. The number of imidazole rings is 1. The number of aromatic nitrogens is 3. The lowest BCUT2D eigenvalue weighted by molar-refractivity contribution is 0.0342. The van der Waals surface area contributed by atoms with Gasteiger partial charge in [0.15, 0.2) is 0 Å². The largest absolute Gasteiger partial charge is 0.388 e. The molecule has 136 valence electrons. The SMILES string of the molecule is CC(C)(O)[C@@H](NC(=O)c1cn2c(=O)[nH]c(Cl)cc2n1)c1ccc(F)cc1. The molecule has 9 heteroatoms. The molecule has 0 aliphatic heterocycles. The maximum atomic E-state index is 13.2. The molecule has 1 amide bonds. The highest BCUT2D eigenvalue weighted by atomic mass is 35.5. The van der Waals surface area contributed by atoms with Gasteiger partial charge in [0.05, 0.1) is 11.6 Å². The predicted molar refractivity (Wildman–Crippen MR) is 93.7 cm³/mol. The van der Waals surface area contributed by atoms with Gasteiger partial charge in [0.25, 0.3) is 5.91 Å². The summed E-state index contributed by atoms with van der Waals surface area (Å²) in [4.78, 5) is 30.9. The number of carbonyl (C=O) groups is 1. The molecule has 2 aromatic heterocycles. The van der Waals surface area contributed by atoms with Crippen molar-refractivity contribution in [2.45, 2.75) is 25.5 Å². The van der Waals surface area contributed by atoms with E-state index in [0.29, 0.717) is 5.56 Å². The first kappa shape index (κ1) is 18.1. The van der Waals surface area contributed by atoms with E-state index in [4.69, 9.17) is 11.6 Å². The lowest BCUT2D eigenvalue weighted by Crippen LogP contribution is -2.42. The molecule has 0 bridgehead atoms. The number of aliphatic hydroxyl groups is 1. The van der Waals surface area contributed by atoms with Gasteiger partial charge in [0.1, 0.15) is 22.3 Å². The average Bonchev–Trinajstić information content (AvgIpc) is 2.97. The molecule has 3 N–H and O–H groups in total. The number of carbonyl (C=O) groups excluding carboxylic acids is 1. The monoisotopic (exact) mass is 378 g/mol. The van der Waals surface area contributed by atoms with Gasteiger partial charge in [0.2, 0.25) is 0 Å². The third-order valence-corrected chi connectivity index (χ3v) is 4.06. The van der Waals surface area contributed by atoms with E-state index in [1.165, 1.54) is 50.4 Å². The van der Waals surface area contributed by atoms with Crippen LogP contribution in [0.15, 0.2) is 41.3 Å². The van der Waals surface area contributed by atoms with Crippen LogP contribution in [0.4, 0.5) is 4.39 Å². The second kappa shape index (κ2) is 6.54. The van der Waals surface area contributed by atoms with Gasteiger partial charge in [-0.3, -0.25) is 14.2 Å². The third kappa shape index (κ3) is 3.61. The zero-order valence-electron chi connectivity index (χ0n) is 14.0. The van der Waals surface area contributed by atoms with Gasteiger partial charge in [-0.1, -0.05) is 23.7 Å². The molecule has 0 radical (unpaired) electrons. The summed E-state index contributed by atoms with van der Waals surface area (Å²) in [5.74, 6) is -1.02. The maximum absolute atomic E-state index is 13.2. The molecule has 7 nitrogen and oxygen atoms in total. The van der Waals surface area contributed by atoms with Crippen LogP contribution in [0.2, 0.25) is 5.15 Å². The highest BCUT2D eigenvalue weighted by Gasteiger charge is 2.31. The van der Waals surface area contributed by atoms with Crippen molar-refractivity contribution in [1.29, 1.82) is 0 Å². The van der Waals surface area contributed by atoms with Crippen LogP contribution < -0.4 is 11.0 Å². The summed E-state index contributed by atoms with van der Waals surface area (Å²) >= 11 is 5.78. The minimum absolute atomic E-state index is 0.0193. The van der Waals surface area contributed by atoms with Crippen molar-refractivity contribution in [2.24, 2.45) is 0 Å². The number of fused-ring (bicyclic) bond motifs is 1. The Morgan fingerprint density at radius 2 is 2.04 bits per heavy atom. The molecule has 0 saturated carbocycles. The van der Waals surface area contributed by atoms with Crippen molar-refractivity contribution in [3.63, 3.8) is 0 Å². The van der Waals surface area contributed by atoms with Crippen LogP contribution in [0.3, 0.4) is 0 Å². The molecule has 2 heterocycles. The normalized spacial score (nSPS) is 13.0. The maximum Gasteiger partial charge on any atom is 0.332 e. The molecule has 0 aliphatic carbocycles. The summed E-state index contributed by atoms with van der Waals surface area (Å²) in [6, 6.07) is 6.04. The minimum Gasteiger partial charge on any atom is -0.388 e. The first-order valence-electron chi connectivity index (χ1n) is 7.72. The first-order chi connectivity index (χ1) is 12.1. The van der Waals surface area contributed by atoms with Crippen LogP contribution in [-0.2, 0) is 0 Å². The number of aromatic amines is 1. The van der Waals surface area contributed by atoms with Gasteiger partial charge in [0, 0.05) is 12.3 Å². The summed E-state index contributed by atoms with van der Waals surface area (Å²) in [6.07, 6.45) is 1.27. The van der Waals surface area contributed by atoms with Gasteiger partial charge in [-0.05, 0) is 31.5 Å². The first-order valence-corrected chi connectivity index (χ1v) is 8.09. The number of H-pyrrole nitrogens is 1. The van der Waals surface area contributed by atoms with E-state index in [2.05, 4.69) is 15.3 Å². The van der Waals surface area contributed by atoms with Gasteiger partial charge in [-0.2, -0.15) is 0 Å². The average molecular weight is 379 g/mol. The minimum atomic E-state index is -1.33. The van der Waals surface area contributed by atoms with Crippen LogP contribution in [0.1, 0.15) is 35.9 Å². The summed E-state index contributed by atoms with van der Waals surface area (Å²) in [7, 11) is 0. The Morgan fingerprint density at radius 1 is 1.38 bits per heavy atom. The number of nitrogens with zero attached hydrogens (tertiary/aromatic N) is 2. The second-order valence-corrected chi connectivity index (χ2v) is 6.80. The van der Waals surface area contributed by atoms with Crippen molar-refractivity contribution in [2.75, 3.05) is 0 Å². The van der Waals surface area contributed by atoms with Gasteiger partial charge >= 0.3 is 5.69 Å². The molecular weight excluding hydrogens is 363 g/mol. The van der Waals surface area contributed by atoms with E-state index in [0.717, 1.165) is 4.40 Å². The molecule has 1 atom stereocenters. The number of amides is 1. The smallest absolute Gasteiger partial charge is 0.332 e. The summed E-state index contributed by atoms with van der Waals surface area (Å²) in [5, 5.41) is 13.2. The molecule has 3 aromatic rings. The molecule has 0 unspecified atom stereocenters. The van der Waals surface area contributed by atoms with E-state index < -0.39 is 29.1 Å². The van der Waals surface area contributed by atoms with Crippen molar-refractivity contribution in [3.8, 4) is 0 Å². The zero-order valence-corrected chi connectivity index (χ0v) is 14.7. The highest BCUT2D eigenvalue weighted by molar-refractivity contribution is 6.29. The topological polar surface area (TPSA) is 99.5 Å². The van der Waals surface area contributed by atoms with Crippen LogP contribution in [0.25, 0.3) is 5.65 Å². The molecule has 1 aromatic carbocycles. The Labute approximate surface area is 152 Å². The Bertz CT molecular complexity index is 1020. The van der Waals surface area contributed by atoms with Crippen molar-refractivity contribution in [3.05, 3.63) is 69.2 Å². The lowest BCUT2D eigenvalue weighted by Gasteiger charge is -2.30. The Kier molecular flexibility index (Phi) is 4.55. The molecule has 0 fully saturated rings. The fourth-order valence-corrected chi connectivity index (χ4v) is 2.79. The molecule has 0 spiro atoms. The summed E-state index contributed by atoms with van der Waals surface area (Å²) < 4.78 is 14.3. The van der Waals surface area contributed by atoms with Crippen LogP contribution in [0.5, 0.6) is 0 Å². The molecule has 26 heavy (non-hydrogen) atoms. The summed E-state index contributed by atoms with van der Waals surface area (Å²) in [6.45, 7) is 3.05. The predicted octanol–water partition coefficient (Wildman–Crippen LogP) is 2.06. The Hall–Kier alpha value is -2.71. The molecule has 3 rings (SSSR count). The third-order valence-electron chi connectivity index (χ3n) is 3.85. The highest BCUT2D eigenvalue weighted by Crippen LogP contribution is 2.26. The summed E-state index contributed by atoms with van der Waals surface area (Å²) in [5.41, 5.74) is -1.14. The fraction of sp³-hybridized carbons (Fsp3) is 0.235. The van der Waals surface area contributed by atoms with Crippen molar-refractivity contribution >= 4 is 23.2 Å². The van der Waals surface area contributed by atoms with Crippen LogP contribution in [0, 0.1) is 5.82 Å². The van der Waals surface area contributed by atoms with Crippen molar-refractivity contribution < 1.29 is 14.3 Å². The van der Waals surface area contributed by atoms with E-state index in [-0.39, 0.29) is 16.5 Å². The molecule has 0 saturated heterocycles. The number of rotatable bonds is 4. The van der Waals surface area contributed by atoms with Crippen molar-refractivity contribution in [1.82, 2.24) is 19.7 Å². The zero-order chi connectivity index (χ0) is 19.1. The Balaban J connectivity index is 1.94. The second-order valence-electron chi connectivity index (χ2n) is 6.39. The number of halogens is 2. The van der Waals surface area contributed by atoms with E-state index in [9.17, 15) is 19.1 Å². The fourth-order valence-electron chi connectivity index (χ4n) is 2.61. The Morgan fingerprint density at radius 3 is 2.65 bits per heavy atom. The molecule has 0 aliphatic rings. The van der Waals surface area contributed by atoms with E-state index in [1.54, 1.807) is 0 Å². The van der Waals surface area contributed by atoms with E-state index >= 15 is 0 Å². The number of hydrogen-bond donors (Lipinski definition) is 3. The van der Waals surface area contributed by atoms with E-state index in [1.807, 2.05) is 0 Å².